The second kappa shape index (κ2) is 6.81. The van der Waals surface area contributed by atoms with E-state index in [9.17, 15) is 5.11 Å². The number of para-hydroxylation sites is 2. The van der Waals surface area contributed by atoms with Crippen LogP contribution in [-0.2, 0) is 13.6 Å². The average Bonchev–Trinajstić information content (AvgIpc) is 2.91. The minimum absolute atomic E-state index is 0.254. The zero-order valence-corrected chi connectivity index (χ0v) is 15.1. The van der Waals surface area contributed by atoms with Gasteiger partial charge < -0.3 is 9.84 Å². The summed E-state index contributed by atoms with van der Waals surface area (Å²) in [6.45, 7) is 2.82. The van der Waals surface area contributed by atoms with Crippen molar-refractivity contribution in [1.29, 1.82) is 0 Å². The standard InChI is InChI=1S/C22H23N2O2/c1-16-23(2)20-11-5-6-12-21(20)24(16)14-18(25)15-26-22-13-7-9-17-8-3-4-10-19(17)22/h3-13,18,25H,14-15H2,1-2H3/q+1/t18-/m0/s1. The lowest BCUT2D eigenvalue weighted by molar-refractivity contribution is -0.652. The molecule has 0 radical (unpaired) electrons. The third-order valence-corrected chi connectivity index (χ3v) is 4.98. The van der Waals surface area contributed by atoms with E-state index in [1.54, 1.807) is 0 Å². The van der Waals surface area contributed by atoms with Crippen molar-refractivity contribution < 1.29 is 14.4 Å². The zero-order valence-electron chi connectivity index (χ0n) is 15.1. The largest absolute Gasteiger partial charge is 0.490 e. The van der Waals surface area contributed by atoms with Gasteiger partial charge in [-0.2, -0.15) is 0 Å². The topological polar surface area (TPSA) is 38.3 Å². The van der Waals surface area contributed by atoms with Gasteiger partial charge in [0.15, 0.2) is 11.0 Å². The van der Waals surface area contributed by atoms with Crippen molar-refractivity contribution in [3.05, 3.63) is 72.6 Å². The van der Waals surface area contributed by atoms with Crippen LogP contribution in [0.4, 0.5) is 0 Å². The number of aliphatic hydroxyl groups is 1. The summed E-state index contributed by atoms with van der Waals surface area (Å²) in [5, 5.41) is 12.8. The van der Waals surface area contributed by atoms with Crippen molar-refractivity contribution in [2.75, 3.05) is 6.61 Å². The van der Waals surface area contributed by atoms with Gasteiger partial charge in [-0.25, -0.2) is 9.13 Å². The fourth-order valence-electron chi connectivity index (χ4n) is 3.51. The quantitative estimate of drug-likeness (QED) is 0.562. The number of aryl methyl sites for hydroxylation is 1. The highest BCUT2D eigenvalue weighted by Crippen LogP contribution is 2.25. The second-order valence-corrected chi connectivity index (χ2v) is 6.65. The van der Waals surface area contributed by atoms with Gasteiger partial charge in [0.2, 0.25) is 0 Å². The third kappa shape index (κ3) is 2.93. The van der Waals surface area contributed by atoms with E-state index >= 15 is 0 Å². The first-order chi connectivity index (χ1) is 12.6. The summed E-state index contributed by atoms with van der Waals surface area (Å²) < 4.78 is 10.2. The summed E-state index contributed by atoms with van der Waals surface area (Å²) in [5.41, 5.74) is 2.28. The third-order valence-electron chi connectivity index (χ3n) is 4.98. The van der Waals surface area contributed by atoms with E-state index < -0.39 is 6.10 Å². The molecule has 4 rings (SSSR count). The van der Waals surface area contributed by atoms with E-state index in [-0.39, 0.29) is 6.61 Å². The highest BCUT2D eigenvalue weighted by atomic mass is 16.5. The molecule has 0 aliphatic heterocycles. The lowest BCUT2D eigenvalue weighted by atomic mass is 10.1. The molecule has 0 aliphatic rings. The van der Waals surface area contributed by atoms with Gasteiger partial charge in [0, 0.05) is 12.3 Å². The van der Waals surface area contributed by atoms with Crippen molar-refractivity contribution in [3.63, 3.8) is 0 Å². The number of imidazole rings is 1. The molecule has 4 aromatic rings. The Balaban J connectivity index is 1.53. The Kier molecular flexibility index (Phi) is 4.35. The molecule has 1 N–H and O–H groups in total. The molecule has 0 unspecified atom stereocenters. The van der Waals surface area contributed by atoms with Gasteiger partial charge >= 0.3 is 0 Å². The molecule has 132 valence electrons. The van der Waals surface area contributed by atoms with Crippen LogP contribution in [0.3, 0.4) is 0 Å². The molecule has 0 bridgehead atoms. The Morgan fingerprint density at radius 1 is 1.00 bits per heavy atom. The number of hydrogen-bond acceptors (Lipinski definition) is 2. The molecule has 0 aliphatic carbocycles. The van der Waals surface area contributed by atoms with E-state index in [1.165, 1.54) is 0 Å². The SMILES string of the molecule is Cc1n(C[C@H](O)COc2cccc3ccccc23)c2ccccc2[n+]1C. The predicted molar refractivity (Wildman–Crippen MR) is 103 cm³/mol. The molecule has 26 heavy (non-hydrogen) atoms. The summed E-state index contributed by atoms with van der Waals surface area (Å²) in [7, 11) is 2.05. The van der Waals surface area contributed by atoms with Crippen LogP contribution < -0.4 is 9.30 Å². The average molecular weight is 347 g/mol. The lowest BCUT2D eigenvalue weighted by Crippen LogP contribution is -2.32. The smallest absolute Gasteiger partial charge is 0.254 e. The molecule has 0 fully saturated rings. The number of fused-ring (bicyclic) bond motifs is 2. The van der Waals surface area contributed by atoms with Crippen LogP contribution in [0.1, 0.15) is 5.82 Å². The Bertz CT molecular complexity index is 1060. The molecule has 0 saturated carbocycles. The molecule has 1 heterocycles. The molecule has 0 spiro atoms. The molecule has 1 atom stereocenters. The van der Waals surface area contributed by atoms with Gasteiger partial charge in [0.25, 0.3) is 5.82 Å². The summed E-state index contributed by atoms with van der Waals surface area (Å²) in [6.07, 6.45) is -0.594. The van der Waals surface area contributed by atoms with Crippen molar-refractivity contribution in [1.82, 2.24) is 4.57 Å². The molecule has 3 aromatic carbocycles. The fraction of sp³-hybridized carbons (Fsp3) is 0.227. The van der Waals surface area contributed by atoms with Crippen LogP contribution in [0.5, 0.6) is 5.75 Å². The van der Waals surface area contributed by atoms with Crippen LogP contribution in [0.25, 0.3) is 21.8 Å². The fourth-order valence-corrected chi connectivity index (χ4v) is 3.51. The highest BCUT2D eigenvalue weighted by molar-refractivity contribution is 5.88. The summed E-state index contributed by atoms with van der Waals surface area (Å²) in [5.74, 6) is 1.91. The number of aliphatic hydroxyl groups excluding tert-OH is 1. The first-order valence-electron chi connectivity index (χ1n) is 8.87. The molecule has 4 heteroatoms. The molecule has 1 aromatic heterocycles. The van der Waals surface area contributed by atoms with Gasteiger partial charge in [0.05, 0.1) is 7.05 Å². The molecule has 0 amide bonds. The van der Waals surface area contributed by atoms with E-state index in [0.717, 1.165) is 33.4 Å². The molecule has 4 nitrogen and oxygen atoms in total. The van der Waals surface area contributed by atoms with Crippen LogP contribution in [0, 0.1) is 6.92 Å². The van der Waals surface area contributed by atoms with E-state index in [4.69, 9.17) is 4.74 Å². The highest BCUT2D eigenvalue weighted by Gasteiger charge is 2.21. The van der Waals surface area contributed by atoms with Gasteiger partial charge in [-0.3, -0.25) is 0 Å². The Hall–Kier alpha value is -2.85. The van der Waals surface area contributed by atoms with Gasteiger partial charge in [-0.15, -0.1) is 0 Å². The minimum Gasteiger partial charge on any atom is -0.490 e. The number of nitrogens with zero attached hydrogens (tertiary/aromatic N) is 2. The Morgan fingerprint density at radius 3 is 2.62 bits per heavy atom. The normalized spacial score (nSPS) is 12.6. The van der Waals surface area contributed by atoms with E-state index in [1.807, 2.05) is 49.5 Å². The number of aromatic nitrogens is 2. The second-order valence-electron chi connectivity index (χ2n) is 6.65. The number of benzene rings is 3. The van der Waals surface area contributed by atoms with Crippen LogP contribution in [0.2, 0.25) is 0 Å². The van der Waals surface area contributed by atoms with Crippen molar-refractivity contribution in [3.8, 4) is 5.75 Å². The monoisotopic (exact) mass is 347 g/mol. The minimum atomic E-state index is -0.594. The van der Waals surface area contributed by atoms with Crippen molar-refractivity contribution in [2.24, 2.45) is 7.05 Å². The van der Waals surface area contributed by atoms with Gasteiger partial charge in [0.1, 0.15) is 25.0 Å². The molecular weight excluding hydrogens is 324 g/mol. The number of rotatable bonds is 5. The van der Waals surface area contributed by atoms with Gasteiger partial charge in [-0.05, 0) is 23.6 Å². The molecular formula is C22H23N2O2+. The maximum Gasteiger partial charge on any atom is 0.254 e. The Morgan fingerprint density at radius 2 is 1.73 bits per heavy atom. The van der Waals surface area contributed by atoms with Crippen molar-refractivity contribution >= 4 is 21.8 Å². The molecule has 0 saturated heterocycles. The maximum absolute atomic E-state index is 10.6. The van der Waals surface area contributed by atoms with Crippen LogP contribution in [0.15, 0.2) is 66.7 Å². The first-order valence-corrected chi connectivity index (χ1v) is 8.87. The summed E-state index contributed by atoms with van der Waals surface area (Å²) in [6, 6.07) is 22.4. The van der Waals surface area contributed by atoms with Crippen LogP contribution in [-0.4, -0.2) is 22.4 Å². The van der Waals surface area contributed by atoms with Crippen LogP contribution >= 0.6 is 0 Å². The Labute approximate surface area is 152 Å². The first kappa shape index (κ1) is 16.6. The maximum atomic E-state index is 10.6. The van der Waals surface area contributed by atoms with E-state index in [2.05, 4.69) is 40.3 Å². The summed E-state index contributed by atoms with van der Waals surface area (Å²) >= 11 is 0. The number of ether oxygens (including phenoxy) is 1. The van der Waals surface area contributed by atoms with Gasteiger partial charge in [-0.1, -0.05) is 48.5 Å². The van der Waals surface area contributed by atoms with E-state index in [0.29, 0.717) is 6.54 Å². The lowest BCUT2D eigenvalue weighted by Gasteiger charge is -2.13. The van der Waals surface area contributed by atoms with Crippen molar-refractivity contribution in [2.45, 2.75) is 19.6 Å². The summed E-state index contributed by atoms with van der Waals surface area (Å²) in [4.78, 5) is 0. The predicted octanol–water partition coefficient (Wildman–Crippen LogP) is 3.37. The number of hydrogen-bond donors (Lipinski definition) is 1. The zero-order chi connectivity index (χ0) is 18.1.